The maximum Gasteiger partial charge on any atom is 0.255 e. The molecule has 1 aromatic carbocycles. The van der Waals surface area contributed by atoms with E-state index in [1.165, 1.54) is 11.3 Å². The third kappa shape index (κ3) is 5.09. The molecule has 7 heteroatoms. The number of ether oxygens (including phenoxy) is 2. The molecular formula is C23H29N3O3S. The summed E-state index contributed by atoms with van der Waals surface area (Å²) in [5.41, 5.74) is 2.85. The monoisotopic (exact) mass is 427 g/mol. The first-order valence-electron chi connectivity index (χ1n) is 10.7. The predicted molar refractivity (Wildman–Crippen MR) is 120 cm³/mol. The zero-order valence-corrected chi connectivity index (χ0v) is 18.3. The van der Waals surface area contributed by atoms with Gasteiger partial charge in [0.15, 0.2) is 5.13 Å². The van der Waals surface area contributed by atoms with Gasteiger partial charge in [0.25, 0.3) is 5.91 Å². The number of anilines is 1. The first-order valence-corrected chi connectivity index (χ1v) is 11.5. The van der Waals surface area contributed by atoms with E-state index >= 15 is 0 Å². The van der Waals surface area contributed by atoms with Gasteiger partial charge in [-0.2, -0.15) is 0 Å². The van der Waals surface area contributed by atoms with E-state index in [1.807, 2.05) is 34.5 Å². The molecule has 1 aliphatic carbocycles. The van der Waals surface area contributed by atoms with Gasteiger partial charge >= 0.3 is 0 Å². The number of hydrogen-bond donors (Lipinski definition) is 0. The SMILES string of the molecule is COc1ccc(-c2csc(N(CCCN3CCOCC3)C(=O)C3=CCCC3)n2)cc1. The van der Waals surface area contributed by atoms with Gasteiger partial charge in [-0.05, 0) is 49.9 Å². The molecule has 30 heavy (non-hydrogen) atoms. The van der Waals surface area contributed by atoms with Crippen LogP contribution in [-0.2, 0) is 9.53 Å². The quantitative estimate of drug-likeness (QED) is 0.638. The molecule has 6 nitrogen and oxygen atoms in total. The molecule has 1 amide bonds. The fourth-order valence-corrected chi connectivity index (χ4v) is 4.74. The Labute approximate surface area is 182 Å². The standard InChI is InChI=1S/C23H29N3O3S/c1-28-20-9-7-18(8-10-20)21-17-30-23(24-21)26(22(27)19-5-2-3-6-19)12-4-11-25-13-15-29-16-14-25/h5,7-10,17H,2-4,6,11-16H2,1H3. The normalized spacial score (nSPS) is 17.0. The molecule has 0 atom stereocenters. The fraction of sp³-hybridized carbons (Fsp3) is 0.478. The fourth-order valence-electron chi connectivity index (χ4n) is 3.88. The smallest absolute Gasteiger partial charge is 0.255 e. The number of allylic oxidation sites excluding steroid dienone is 1. The summed E-state index contributed by atoms with van der Waals surface area (Å²) >= 11 is 1.54. The number of carbonyl (C=O) groups excluding carboxylic acids is 1. The molecule has 0 spiro atoms. The number of nitrogens with zero attached hydrogens (tertiary/aromatic N) is 3. The van der Waals surface area contributed by atoms with Crippen LogP contribution in [0.4, 0.5) is 5.13 Å². The van der Waals surface area contributed by atoms with Crippen LogP contribution in [0.2, 0.25) is 0 Å². The van der Waals surface area contributed by atoms with E-state index in [9.17, 15) is 4.79 Å². The van der Waals surface area contributed by atoms with Gasteiger partial charge in [0, 0.05) is 42.7 Å². The third-order valence-corrected chi connectivity index (χ3v) is 6.49. The molecule has 1 aliphatic heterocycles. The molecule has 160 valence electrons. The van der Waals surface area contributed by atoms with E-state index in [4.69, 9.17) is 14.5 Å². The maximum atomic E-state index is 13.2. The van der Waals surface area contributed by atoms with Gasteiger partial charge in [-0.1, -0.05) is 6.08 Å². The Morgan fingerprint density at radius 2 is 2.07 bits per heavy atom. The summed E-state index contributed by atoms with van der Waals surface area (Å²) in [6, 6.07) is 7.87. The lowest BCUT2D eigenvalue weighted by Gasteiger charge is -2.28. The molecule has 1 fully saturated rings. The summed E-state index contributed by atoms with van der Waals surface area (Å²) < 4.78 is 10.7. The van der Waals surface area contributed by atoms with Crippen LogP contribution in [0.15, 0.2) is 41.3 Å². The van der Waals surface area contributed by atoms with Crippen LogP contribution >= 0.6 is 11.3 Å². The highest BCUT2D eigenvalue weighted by molar-refractivity contribution is 7.14. The Hall–Kier alpha value is -2.22. The molecule has 1 saturated heterocycles. The molecule has 1 aromatic heterocycles. The van der Waals surface area contributed by atoms with Crippen molar-refractivity contribution in [2.75, 3.05) is 51.4 Å². The van der Waals surface area contributed by atoms with Crippen molar-refractivity contribution in [3.8, 4) is 17.0 Å². The van der Waals surface area contributed by atoms with Crippen molar-refractivity contribution in [2.24, 2.45) is 0 Å². The van der Waals surface area contributed by atoms with Gasteiger partial charge < -0.3 is 9.47 Å². The van der Waals surface area contributed by atoms with Crippen LogP contribution < -0.4 is 9.64 Å². The Morgan fingerprint density at radius 3 is 2.77 bits per heavy atom. The molecule has 2 heterocycles. The first-order chi connectivity index (χ1) is 14.7. The minimum Gasteiger partial charge on any atom is -0.497 e. The zero-order valence-electron chi connectivity index (χ0n) is 17.5. The van der Waals surface area contributed by atoms with Crippen molar-refractivity contribution in [1.82, 2.24) is 9.88 Å². The van der Waals surface area contributed by atoms with E-state index in [1.54, 1.807) is 7.11 Å². The summed E-state index contributed by atoms with van der Waals surface area (Å²) in [6.07, 6.45) is 5.95. The topological polar surface area (TPSA) is 54.9 Å². The summed E-state index contributed by atoms with van der Waals surface area (Å²) in [6.45, 7) is 5.20. The lowest BCUT2D eigenvalue weighted by Crippen LogP contribution is -2.39. The van der Waals surface area contributed by atoms with Crippen LogP contribution in [-0.4, -0.2) is 62.3 Å². The van der Waals surface area contributed by atoms with E-state index in [0.717, 1.165) is 86.2 Å². The van der Waals surface area contributed by atoms with Gasteiger partial charge in [0.05, 0.1) is 26.0 Å². The zero-order chi connectivity index (χ0) is 20.8. The molecule has 0 N–H and O–H groups in total. The summed E-state index contributed by atoms with van der Waals surface area (Å²) in [5.74, 6) is 0.937. The lowest BCUT2D eigenvalue weighted by atomic mass is 10.2. The average molecular weight is 428 g/mol. The molecule has 2 aliphatic rings. The average Bonchev–Trinajstić information content (AvgIpc) is 3.50. The molecule has 2 aromatic rings. The lowest BCUT2D eigenvalue weighted by molar-refractivity contribution is -0.115. The van der Waals surface area contributed by atoms with Crippen molar-refractivity contribution >= 4 is 22.4 Å². The van der Waals surface area contributed by atoms with Gasteiger partial charge in [0.2, 0.25) is 0 Å². The van der Waals surface area contributed by atoms with Gasteiger partial charge in [-0.15, -0.1) is 11.3 Å². The van der Waals surface area contributed by atoms with E-state index in [2.05, 4.69) is 11.0 Å². The summed E-state index contributed by atoms with van der Waals surface area (Å²) in [5, 5.41) is 2.81. The van der Waals surface area contributed by atoms with Crippen molar-refractivity contribution in [3.05, 3.63) is 41.3 Å². The molecule has 0 saturated carbocycles. The van der Waals surface area contributed by atoms with Crippen LogP contribution in [0, 0.1) is 0 Å². The molecule has 4 rings (SSSR count). The van der Waals surface area contributed by atoms with Gasteiger partial charge in [0.1, 0.15) is 5.75 Å². The number of rotatable bonds is 8. The van der Waals surface area contributed by atoms with E-state index in [-0.39, 0.29) is 5.91 Å². The number of amides is 1. The van der Waals surface area contributed by atoms with E-state index in [0.29, 0.717) is 6.54 Å². The summed E-state index contributed by atoms with van der Waals surface area (Å²) in [4.78, 5) is 22.3. The second kappa shape index (κ2) is 10.2. The number of hydrogen-bond acceptors (Lipinski definition) is 6. The second-order valence-electron chi connectivity index (χ2n) is 7.63. The summed E-state index contributed by atoms with van der Waals surface area (Å²) in [7, 11) is 1.66. The Bertz CT molecular complexity index is 872. The Balaban J connectivity index is 1.48. The second-order valence-corrected chi connectivity index (χ2v) is 8.47. The van der Waals surface area contributed by atoms with Crippen molar-refractivity contribution < 1.29 is 14.3 Å². The highest BCUT2D eigenvalue weighted by Gasteiger charge is 2.24. The number of carbonyl (C=O) groups is 1. The minimum absolute atomic E-state index is 0.116. The minimum atomic E-state index is 0.116. The number of thiazole rings is 1. The number of aromatic nitrogens is 1. The maximum absolute atomic E-state index is 13.2. The van der Waals surface area contributed by atoms with E-state index < -0.39 is 0 Å². The Kier molecular flexibility index (Phi) is 7.15. The number of morpholine rings is 1. The molecule has 0 unspecified atom stereocenters. The third-order valence-electron chi connectivity index (χ3n) is 5.63. The van der Waals surface area contributed by atoms with Crippen LogP contribution in [0.3, 0.4) is 0 Å². The van der Waals surface area contributed by atoms with Crippen molar-refractivity contribution in [3.63, 3.8) is 0 Å². The number of methoxy groups -OCH3 is 1. The Morgan fingerprint density at radius 1 is 1.27 bits per heavy atom. The van der Waals surface area contributed by atoms with Crippen LogP contribution in [0.5, 0.6) is 5.75 Å². The first kappa shape index (κ1) is 21.0. The number of benzene rings is 1. The van der Waals surface area contributed by atoms with Crippen molar-refractivity contribution in [2.45, 2.75) is 25.7 Å². The molecule has 0 radical (unpaired) electrons. The van der Waals surface area contributed by atoms with Gasteiger partial charge in [-0.3, -0.25) is 14.6 Å². The highest BCUT2D eigenvalue weighted by atomic mass is 32.1. The van der Waals surface area contributed by atoms with Crippen LogP contribution in [0.1, 0.15) is 25.7 Å². The largest absolute Gasteiger partial charge is 0.497 e. The predicted octanol–water partition coefficient (Wildman–Crippen LogP) is 3.98. The van der Waals surface area contributed by atoms with Crippen LogP contribution in [0.25, 0.3) is 11.3 Å². The van der Waals surface area contributed by atoms with Gasteiger partial charge in [-0.25, -0.2) is 4.98 Å². The molecular weight excluding hydrogens is 398 g/mol. The van der Waals surface area contributed by atoms with Crippen molar-refractivity contribution in [1.29, 1.82) is 0 Å². The highest BCUT2D eigenvalue weighted by Crippen LogP contribution is 2.31. The molecule has 0 bridgehead atoms.